The van der Waals surface area contributed by atoms with Gasteiger partial charge in [0.1, 0.15) is 24.2 Å². The van der Waals surface area contributed by atoms with Crippen LogP contribution in [0.25, 0.3) is 0 Å². The second-order valence-corrected chi connectivity index (χ2v) is 13.5. The lowest BCUT2D eigenvalue weighted by Crippen LogP contribution is -2.54. The number of hydrogen-bond donors (Lipinski definition) is 3. The number of amides is 3. The van der Waals surface area contributed by atoms with Gasteiger partial charge in [0.2, 0.25) is 11.8 Å². The van der Waals surface area contributed by atoms with Gasteiger partial charge in [-0.15, -0.1) is 0 Å². The summed E-state index contributed by atoms with van der Waals surface area (Å²) in [7, 11) is -3.63. The van der Waals surface area contributed by atoms with Crippen molar-refractivity contribution in [1.82, 2.24) is 24.1 Å². The molecule has 3 rings (SSSR count). The van der Waals surface area contributed by atoms with Gasteiger partial charge in [-0.05, 0) is 52.4 Å². The van der Waals surface area contributed by atoms with Crippen molar-refractivity contribution in [2.45, 2.75) is 103 Å². The molecule has 2 heterocycles. The number of ether oxygens (including phenoxy) is 1. The van der Waals surface area contributed by atoms with Gasteiger partial charge in [0.05, 0.1) is 6.54 Å². The molecule has 3 aliphatic rings. The monoisotopic (exact) mass is 613 g/mol. The Morgan fingerprint density at radius 1 is 1.12 bits per heavy atom. The molecule has 4 atom stereocenters. The summed E-state index contributed by atoms with van der Waals surface area (Å²) in [5.41, 5.74) is -1.36. The van der Waals surface area contributed by atoms with Crippen molar-refractivity contribution in [3.05, 3.63) is 12.2 Å². The first-order valence-corrected chi connectivity index (χ1v) is 16.5. The van der Waals surface area contributed by atoms with Crippen molar-refractivity contribution in [2.24, 2.45) is 5.92 Å². The molecule has 1 saturated carbocycles. The predicted molar refractivity (Wildman–Crippen MR) is 156 cm³/mol. The Morgan fingerprint density at radius 2 is 1.86 bits per heavy atom. The zero-order chi connectivity index (χ0) is 31.1. The second kappa shape index (κ2) is 14.6. The summed E-state index contributed by atoms with van der Waals surface area (Å²) in [5.74, 6) is -2.39. The number of likely N-dealkylation sites (tertiary alicyclic amines) is 1. The zero-order valence-corrected chi connectivity index (χ0v) is 26.0. The number of allylic oxidation sites excluding steroid dienone is 1. The van der Waals surface area contributed by atoms with E-state index in [-0.39, 0.29) is 18.5 Å². The van der Waals surface area contributed by atoms with Crippen LogP contribution in [-0.4, -0.2) is 107 Å². The molecule has 1 aliphatic carbocycles. The van der Waals surface area contributed by atoms with Crippen molar-refractivity contribution in [3.8, 4) is 0 Å². The molecule has 2 saturated heterocycles. The minimum Gasteiger partial charge on any atom is -0.479 e. The van der Waals surface area contributed by atoms with Crippen LogP contribution in [0.2, 0.25) is 0 Å². The molecule has 3 fully saturated rings. The predicted octanol–water partition coefficient (Wildman–Crippen LogP) is 1.85. The number of carbonyl (C=O) groups excluding carboxylic acids is 3. The minimum absolute atomic E-state index is 0.0119. The van der Waals surface area contributed by atoms with Gasteiger partial charge >= 0.3 is 12.1 Å². The largest absolute Gasteiger partial charge is 0.479 e. The van der Waals surface area contributed by atoms with Gasteiger partial charge in [0.25, 0.3) is 10.2 Å². The van der Waals surface area contributed by atoms with Crippen LogP contribution in [0.3, 0.4) is 0 Å². The van der Waals surface area contributed by atoms with E-state index in [1.54, 1.807) is 20.8 Å². The van der Waals surface area contributed by atoms with Crippen molar-refractivity contribution >= 4 is 34.1 Å². The third-order valence-corrected chi connectivity index (χ3v) is 10.4. The molecule has 13 nitrogen and oxygen atoms in total. The summed E-state index contributed by atoms with van der Waals surface area (Å²) >= 11 is 0. The highest BCUT2D eigenvalue weighted by molar-refractivity contribution is 7.87. The van der Waals surface area contributed by atoms with Crippen molar-refractivity contribution in [1.29, 1.82) is 0 Å². The number of nitrogens with one attached hydrogen (secondary N) is 2. The van der Waals surface area contributed by atoms with Crippen LogP contribution in [0.5, 0.6) is 0 Å². The Hall–Kier alpha value is -2.71. The van der Waals surface area contributed by atoms with Crippen LogP contribution in [0.4, 0.5) is 4.79 Å². The Balaban J connectivity index is 1.49. The van der Waals surface area contributed by atoms with E-state index < -0.39 is 58.3 Å². The lowest BCUT2D eigenvalue weighted by Gasteiger charge is -2.26. The number of carbonyl (C=O) groups is 4. The van der Waals surface area contributed by atoms with Gasteiger partial charge in [-0.2, -0.15) is 17.0 Å². The third-order valence-electron chi connectivity index (χ3n) is 8.25. The molecule has 14 heteroatoms. The molecule has 2 unspecified atom stereocenters. The molecule has 3 N–H and O–H groups in total. The topological polar surface area (TPSA) is 166 Å². The van der Waals surface area contributed by atoms with Gasteiger partial charge in [0.15, 0.2) is 0 Å². The number of aliphatic carboxylic acids is 1. The summed E-state index contributed by atoms with van der Waals surface area (Å²) in [5, 5.41) is 15.0. The van der Waals surface area contributed by atoms with E-state index >= 15 is 0 Å². The second-order valence-electron chi connectivity index (χ2n) is 11.6. The average molecular weight is 614 g/mol. The van der Waals surface area contributed by atoms with Gasteiger partial charge in [-0.1, -0.05) is 38.8 Å². The van der Waals surface area contributed by atoms with E-state index in [2.05, 4.69) is 17.6 Å². The lowest BCUT2D eigenvalue weighted by atomic mass is 10.1. The fraction of sp³-hybridized carbons (Fsp3) is 0.786. The first-order chi connectivity index (χ1) is 19.9. The molecular formula is C28H47N5O8S. The number of hydrogen-bond acceptors (Lipinski definition) is 7. The normalized spacial score (nSPS) is 26.5. The fourth-order valence-corrected chi connectivity index (χ4v) is 7.40. The minimum atomic E-state index is -3.63. The molecule has 0 radical (unpaired) electrons. The maximum Gasteiger partial charge on any atom is 0.407 e. The highest BCUT2D eigenvalue weighted by Gasteiger charge is 2.61. The smallest absolute Gasteiger partial charge is 0.407 e. The van der Waals surface area contributed by atoms with E-state index in [1.165, 1.54) is 13.5 Å². The molecule has 0 spiro atoms. The molecule has 0 aromatic heterocycles. The van der Waals surface area contributed by atoms with Crippen LogP contribution < -0.4 is 10.6 Å². The van der Waals surface area contributed by atoms with Crippen LogP contribution in [-0.2, 0) is 29.3 Å². The molecule has 3 amide bonds. The summed E-state index contributed by atoms with van der Waals surface area (Å²) < 4.78 is 33.5. The Morgan fingerprint density at radius 3 is 2.48 bits per heavy atom. The molecule has 238 valence electrons. The number of nitrogens with zero attached hydrogens (tertiary/aromatic N) is 3. The highest BCUT2D eigenvalue weighted by atomic mass is 32.2. The number of rotatable bonds is 15. The van der Waals surface area contributed by atoms with E-state index in [1.807, 2.05) is 12.2 Å². The van der Waals surface area contributed by atoms with Crippen molar-refractivity contribution in [3.63, 3.8) is 0 Å². The summed E-state index contributed by atoms with van der Waals surface area (Å²) in [6.45, 7) is 8.07. The lowest BCUT2D eigenvalue weighted by molar-refractivity contribution is -0.145. The maximum absolute atomic E-state index is 13.1. The zero-order valence-electron chi connectivity index (χ0n) is 25.2. The molecule has 42 heavy (non-hydrogen) atoms. The first-order valence-electron chi connectivity index (χ1n) is 15.1. The van der Waals surface area contributed by atoms with Gasteiger partial charge in [-0.25, -0.2) is 9.59 Å². The summed E-state index contributed by atoms with van der Waals surface area (Å²) in [6, 6.07) is -1.00. The Bertz CT molecular complexity index is 1130. The summed E-state index contributed by atoms with van der Waals surface area (Å²) in [6.07, 6.45) is 8.02. The standard InChI is InChI=1S/C28H47N5O8S/c1-5-7-8-9-10-12-21-17-28(21,26(36)37)30-25(35)23-13-11-14-32(23)24(34)18-29-27(38)41-22(6-2)19-31-15-16-33(20(3)4)42(31,39)40/h10,12,20-23H,5-9,11,13-19H2,1-4H3,(H,29,38)(H,30,35)(H,36,37)/b12-10-/t21?,22?,23-,28+/m0/s1. The third kappa shape index (κ3) is 8.01. The van der Waals surface area contributed by atoms with Crippen LogP contribution >= 0.6 is 0 Å². The number of alkyl carbamates (subject to hydrolysis) is 1. The van der Waals surface area contributed by atoms with Crippen LogP contribution in [0, 0.1) is 5.92 Å². The molecular weight excluding hydrogens is 566 g/mol. The van der Waals surface area contributed by atoms with Crippen LogP contribution in [0.15, 0.2) is 12.2 Å². The van der Waals surface area contributed by atoms with E-state index in [0.717, 1.165) is 25.7 Å². The maximum atomic E-state index is 13.1. The molecule has 2 aliphatic heterocycles. The first kappa shape index (κ1) is 33.8. The highest BCUT2D eigenvalue weighted by Crippen LogP contribution is 2.45. The molecule has 0 bridgehead atoms. The van der Waals surface area contributed by atoms with Crippen LogP contribution in [0.1, 0.15) is 79.1 Å². The molecule has 0 aromatic rings. The molecule has 0 aromatic carbocycles. The van der Waals surface area contributed by atoms with Gasteiger partial charge in [0, 0.05) is 31.6 Å². The average Bonchev–Trinajstić information content (AvgIpc) is 3.26. The number of carboxylic acid groups (broad SMARTS) is 1. The van der Waals surface area contributed by atoms with E-state index in [9.17, 15) is 32.7 Å². The summed E-state index contributed by atoms with van der Waals surface area (Å²) in [4.78, 5) is 51.9. The van der Waals surface area contributed by atoms with Gasteiger partial charge < -0.3 is 25.4 Å². The van der Waals surface area contributed by atoms with E-state index in [0.29, 0.717) is 45.3 Å². The SMILES string of the molecule is CCCCC/C=C\C1C[C@]1(NC(=O)[C@@H]1CCCN1C(=O)CNC(=O)OC(CC)CN1CCN(C(C)C)S1(=O)=O)C(=O)O. The quantitative estimate of drug-likeness (QED) is 0.186. The number of carboxylic acids is 1. The van der Waals surface area contributed by atoms with Crippen molar-refractivity contribution in [2.75, 3.05) is 32.7 Å². The van der Waals surface area contributed by atoms with E-state index in [4.69, 9.17) is 4.74 Å². The Kier molecular flexibility index (Phi) is 11.8. The number of unbranched alkanes of at least 4 members (excludes halogenated alkanes) is 3. The van der Waals surface area contributed by atoms with Crippen molar-refractivity contribution < 1.29 is 37.4 Å². The van der Waals surface area contributed by atoms with Gasteiger partial charge in [-0.3, -0.25) is 9.59 Å². The Labute approximate surface area is 249 Å². The fourth-order valence-electron chi connectivity index (χ4n) is 5.60.